The maximum absolute atomic E-state index is 11.8. The Bertz CT molecular complexity index is 451. The maximum Gasteiger partial charge on any atom is 0.258 e. The molecule has 5 heteroatoms. The van der Waals surface area contributed by atoms with Gasteiger partial charge in [0.1, 0.15) is 5.75 Å². The van der Waals surface area contributed by atoms with E-state index in [-0.39, 0.29) is 19.1 Å². The summed E-state index contributed by atoms with van der Waals surface area (Å²) in [4.78, 5) is 11.8. The van der Waals surface area contributed by atoms with Crippen LogP contribution in [0, 0.1) is 13.8 Å². The molecule has 1 atom stereocenters. The zero-order chi connectivity index (χ0) is 15.9. The van der Waals surface area contributed by atoms with Crippen LogP contribution in [-0.4, -0.2) is 43.5 Å². The first-order valence-electron chi connectivity index (χ1n) is 7.03. The summed E-state index contributed by atoms with van der Waals surface area (Å²) >= 11 is 0. The van der Waals surface area contributed by atoms with Crippen molar-refractivity contribution in [1.82, 2.24) is 5.32 Å². The van der Waals surface area contributed by atoms with Crippen molar-refractivity contribution < 1.29 is 19.4 Å². The molecule has 1 amide bonds. The average molecular weight is 295 g/mol. The van der Waals surface area contributed by atoms with E-state index in [1.807, 2.05) is 32.0 Å². The van der Waals surface area contributed by atoms with Gasteiger partial charge in [0.2, 0.25) is 0 Å². The van der Waals surface area contributed by atoms with E-state index in [1.165, 1.54) is 0 Å². The van der Waals surface area contributed by atoms with Crippen molar-refractivity contribution in [3.63, 3.8) is 0 Å². The van der Waals surface area contributed by atoms with Crippen LogP contribution in [0.3, 0.4) is 0 Å². The summed E-state index contributed by atoms with van der Waals surface area (Å²) < 4.78 is 10.5. The van der Waals surface area contributed by atoms with E-state index in [2.05, 4.69) is 5.32 Å². The Labute approximate surface area is 126 Å². The standard InChI is InChI=1S/C16H25NO4/c1-12-6-5-7-13(2)15(12)21-10-14(18)17-11-16(3,19)8-9-20-4/h5-7,19H,8-11H2,1-4H3,(H,17,18). The molecule has 0 aliphatic carbocycles. The highest BCUT2D eigenvalue weighted by molar-refractivity contribution is 5.77. The van der Waals surface area contributed by atoms with Crippen molar-refractivity contribution in [1.29, 1.82) is 0 Å². The lowest BCUT2D eigenvalue weighted by atomic mass is 10.0. The Kier molecular flexibility index (Phi) is 6.65. The number of para-hydroxylation sites is 1. The molecule has 0 spiro atoms. The highest BCUT2D eigenvalue weighted by Crippen LogP contribution is 2.22. The van der Waals surface area contributed by atoms with Gasteiger partial charge in [-0.25, -0.2) is 0 Å². The number of nitrogens with one attached hydrogen (secondary N) is 1. The Hall–Kier alpha value is -1.59. The van der Waals surface area contributed by atoms with Crippen molar-refractivity contribution in [3.8, 4) is 5.75 Å². The minimum Gasteiger partial charge on any atom is -0.483 e. The molecule has 0 heterocycles. The van der Waals surface area contributed by atoms with Gasteiger partial charge in [0.25, 0.3) is 5.91 Å². The van der Waals surface area contributed by atoms with Gasteiger partial charge in [-0.2, -0.15) is 0 Å². The Morgan fingerprint density at radius 2 is 1.95 bits per heavy atom. The van der Waals surface area contributed by atoms with E-state index in [0.717, 1.165) is 16.9 Å². The molecular formula is C16H25NO4. The van der Waals surface area contributed by atoms with Crippen LogP contribution in [0.1, 0.15) is 24.5 Å². The van der Waals surface area contributed by atoms with Gasteiger partial charge >= 0.3 is 0 Å². The topological polar surface area (TPSA) is 67.8 Å². The monoisotopic (exact) mass is 295 g/mol. The molecule has 0 bridgehead atoms. The van der Waals surface area contributed by atoms with Crippen LogP contribution in [0.25, 0.3) is 0 Å². The Balaban J connectivity index is 2.41. The second-order valence-corrected chi connectivity index (χ2v) is 5.53. The summed E-state index contributed by atoms with van der Waals surface area (Å²) in [5.74, 6) is 0.481. The Morgan fingerprint density at radius 3 is 2.52 bits per heavy atom. The fourth-order valence-corrected chi connectivity index (χ4v) is 1.91. The SMILES string of the molecule is COCCC(C)(O)CNC(=O)COc1c(C)cccc1C. The summed E-state index contributed by atoms with van der Waals surface area (Å²) in [6, 6.07) is 5.83. The predicted molar refractivity (Wildman–Crippen MR) is 81.5 cm³/mol. The van der Waals surface area contributed by atoms with Gasteiger partial charge in [-0.3, -0.25) is 4.79 Å². The van der Waals surface area contributed by atoms with E-state index < -0.39 is 5.60 Å². The highest BCUT2D eigenvalue weighted by Gasteiger charge is 2.21. The van der Waals surface area contributed by atoms with E-state index in [1.54, 1.807) is 14.0 Å². The van der Waals surface area contributed by atoms with Crippen LogP contribution in [0.5, 0.6) is 5.75 Å². The average Bonchev–Trinajstić information content (AvgIpc) is 2.43. The summed E-state index contributed by atoms with van der Waals surface area (Å²) in [7, 11) is 1.58. The lowest BCUT2D eigenvalue weighted by molar-refractivity contribution is -0.124. The number of aryl methyl sites for hydroxylation is 2. The molecule has 1 rings (SSSR count). The van der Waals surface area contributed by atoms with Crippen LogP contribution in [0.2, 0.25) is 0 Å². The third-order valence-electron chi connectivity index (χ3n) is 3.27. The van der Waals surface area contributed by atoms with E-state index in [9.17, 15) is 9.90 Å². The molecule has 5 nitrogen and oxygen atoms in total. The molecule has 0 radical (unpaired) electrons. The largest absolute Gasteiger partial charge is 0.483 e. The number of hydrogen-bond donors (Lipinski definition) is 2. The molecular weight excluding hydrogens is 270 g/mol. The molecule has 0 saturated carbocycles. The molecule has 21 heavy (non-hydrogen) atoms. The van der Waals surface area contributed by atoms with Gasteiger partial charge in [0, 0.05) is 26.7 Å². The number of carbonyl (C=O) groups excluding carboxylic acids is 1. The zero-order valence-corrected chi connectivity index (χ0v) is 13.2. The van der Waals surface area contributed by atoms with Gasteiger partial charge in [0.15, 0.2) is 6.61 Å². The van der Waals surface area contributed by atoms with Crippen molar-refractivity contribution in [3.05, 3.63) is 29.3 Å². The Morgan fingerprint density at radius 1 is 1.33 bits per heavy atom. The first-order valence-corrected chi connectivity index (χ1v) is 7.03. The van der Waals surface area contributed by atoms with Crippen LogP contribution < -0.4 is 10.1 Å². The quantitative estimate of drug-likeness (QED) is 0.764. The summed E-state index contributed by atoms with van der Waals surface area (Å²) in [6.45, 7) is 6.10. The van der Waals surface area contributed by atoms with Crippen LogP contribution in [0.15, 0.2) is 18.2 Å². The molecule has 1 unspecified atom stereocenters. The molecule has 0 saturated heterocycles. The third kappa shape index (κ3) is 6.14. The second kappa shape index (κ2) is 8.00. The maximum atomic E-state index is 11.8. The van der Waals surface area contributed by atoms with E-state index in [4.69, 9.17) is 9.47 Å². The fraction of sp³-hybridized carbons (Fsp3) is 0.562. The number of amides is 1. The van der Waals surface area contributed by atoms with Gasteiger partial charge < -0.3 is 19.9 Å². The predicted octanol–water partition coefficient (Wildman–Crippen LogP) is 1.59. The lowest BCUT2D eigenvalue weighted by Gasteiger charge is -2.23. The minimum absolute atomic E-state index is 0.0634. The number of benzene rings is 1. The normalized spacial score (nSPS) is 13.6. The highest BCUT2D eigenvalue weighted by atomic mass is 16.5. The van der Waals surface area contributed by atoms with Crippen LogP contribution in [0.4, 0.5) is 0 Å². The fourth-order valence-electron chi connectivity index (χ4n) is 1.91. The van der Waals surface area contributed by atoms with E-state index in [0.29, 0.717) is 13.0 Å². The summed E-state index contributed by atoms with van der Waals surface area (Å²) in [6.07, 6.45) is 0.460. The van der Waals surface area contributed by atoms with Crippen LogP contribution in [-0.2, 0) is 9.53 Å². The minimum atomic E-state index is -0.982. The molecule has 2 N–H and O–H groups in total. The first-order chi connectivity index (χ1) is 9.85. The van der Waals surface area contributed by atoms with Gasteiger partial charge in [-0.1, -0.05) is 18.2 Å². The number of aliphatic hydroxyl groups is 1. The summed E-state index contributed by atoms with van der Waals surface area (Å²) in [5, 5.41) is 12.7. The van der Waals surface area contributed by atoms with Crippen molar-refractivity contribution >= 4 is 5.91 Å². The number of carbonyl (C=O) groups is 1. The molecule has 0 fully saturated rings. The van der Waals surface area contributed by atoms with Gasteiger partial charge in [-0.05, 0) is 31.9 Å². The number of hydrogen-bond acceptors (Lipinski definition) is 4. The third-order valence-corrected chi connectivity index (χ3v) is 3.27. The van der Waals surface area contributed by atoms with Crippen molar-refractivity contribution in [2.45, 2.75) is 32.8 Å². The number of methoxy groups -OCH3 is 1. The molecule has 1 aromatic rings. The van der Waals surface area contributed by atoms with Gasteiger partial charge in [-0.15, -0.1) is 0 Å². The van der Waals surface area contributed by atoms with Gasteiger partial charge in [0.05, 0.1) is 5.60 Å². The smallest absolute Gasteiger partial charge is 0.258 e. The zero-order valence-electron chi connectivity index (χ0n) is 13.2. The summed E-state index contributed by atoms with van der Waals surface area (Å²) in [5.41, 5.74) is 1.01. The van der Waals surface area contributed by atoms with Crippen molar-refractivity contribution in [2.24, 2.45) is 0 Å². The lowest BCUT2D eigenvalue weighted by Crippen LogP contribution is -2.42. The first kappa shape index (κ1) is 17.5. The van der Waals surface area contributed by atoms with Crippen molar-refractivity contribution in [2.75, 3.05) is 26.9 Å². The number of rotatable bonds is 8. The molecule has 0 aliphatic rings. The van der Waals surface area contributed by atoms with E-state index >= 15 is 0 Å². The number of ether oxygens (including phenoxy) is 2. The molecule has 118 valence electrons. The van der Waals surface area contributed by atoms with Crippen LogP contribution >= 0.6 is 0 Å². The molecule has 1 aromatic carbocycles. The molecule has 0 aliphatic heterocycles. The molecule has 0 aromatic heterocycles. The second-order valence-electron chi connectivity index (χ2n) is 5.53.